The standard InChI is InChI=1S/C14H12N2.C13H11N.C4H9NSi/c15-11-14(16,12-7-3-1-4-8-12)13-9-5-2-6-10-13;14-13(11-7-3-1-4-8-11)12-9-5-2-6-10-12;1-6(2,3)4-5/h1-10H,16H2;1-10,14H;1-3H3. The van der Waals surface area contributed by atoms with Gasteiger partial charge in [0.2, 0.25) is 0 Å². The highest BCUT2D eigenvalue weighted by molar-refractivity contribution is 6.83. The maximum absolute atomic E-state index is 9.32. The van der Waals surface area contributed by atoms with Gasteiger partial charge in [-0.2, -0.15) is 5.26 Å². The molecule has 0 saturated heterocycles. The number of rotatable bonds is 4. The van der Waals surface area contributed by atoms with Crippen molar-refractivity contribution in [1.82, 2.24) is 0 Å². The molecule has 4 nitrogen and oxygen atoms in total. The highest BCUT2D eigenvalue weighted by Gasteiger charge is 2.28. The van der Waals surface area contributed by atoms with Crippen LogP contribution in [0.3, 0.4) is 0 Å². The summed E-state index contributed by atoms with van der Waals surface area (Å²) in [6.07, 6.45) is 0. The third kappa shape index (κ3) is 8.49. The van der Waals surface area contributed by atoms with Gasteiger partial charge in [-0.15, -0.1) is 0 Å². The molecule has 3 N–H and O–H groups in total. The van der Waals surface area contributed by atoms with Gasteiger partial charge in [0.25, 0.3) is 0 Å². The van der Waals surface area contributed by atoms with E-state index in [1.54, 1.807) is 0 Å². The summed E-state index contributed by atoms with van der Waals surface area (Å²) in [5.74, 6) is 0. The Morgan fingerprint density at radius 1 is 0.639 bits per heavy atom. The molecule has 0 saturated carbocycles. The zero-order chi connectivity index (χ0) is 26.4. The van der Waals surface area contributed by atoms with Crippen LogP contribution >= 0.6 is 0 Å². The minimum Gasteiger partial charge on any atom is -0.306 e. The smallest absolute Gasteiger partial charge is 0.164 e. The van der Waals surface area contributed by atoms with Crippen molar-refractivity contribution in [1.29, 1.82) is 15.9 Å². The van der Waals surface area contributed by atoms with Crippen LogP contribution in [0.15, 0.2) is 121 Å². The third-order valence-electron chi connectivity index (χ3n) is 5.09. The van der Waals surface area contributed by atoms with Crippen molar-refractivity contribution < 1.29 is 0 Å². The van der Waals surface area contributed by atoms with E-state index in [1.807, 2.05) is 141 Å². The summed E-state index contributed by atoms with van der Waals surface area (Å²) in [7, 11) is -1.33. The quantitative estimate of drug-likeness (QED) is 0.241. The van der Waals surface area contributed by atoms with Crippen LogP contribution < -0.4 is 5.73 Å². The minimum absolute atomic E-state index is 0.575. The van der Waals surface area contributed by atoms with Crippen molar-refractivity contribution in [3.05, 3.63) is 144 Å². The molecule has 0 atom stereocenters. The molecular formula is C31H32N4Si. The van der Waals surface area contributed by atoms with Crippen molar-refractivity contribution >= 4 is 13.8 Å². The molecule has 5 heteroatoms. The fourth-order valence-corrected chi connectivity index (χ4v) is 3.07. The van der Waals surface area contributed by atoms with Crippen molar-refractivity contribution in [2.24, 2.45) is 5.73 Å². The van der Waals surface area contributed by atoms with E-state index in [2.05, 4.69) is 11.8 Å². The second kappa shape index (κ2) is 13.6. The van der Waals surface area contributed by atoms with Gasteiger partial charge in [-0.25, -0.2) is 5.26 Å². The molecule has 0 fully saturated rings. The summed E-state index contributed by atoms with van der Waals surface area (Å²) < 4.78 is 0. The topological polar surface area (TPSA) is 97.4 Å². The lowest BCUT2D eigenvalue weighted by Crippen LogP contribution is -2.36. The number of nitrogens with zero attached hydrogens (tertiary/aromatic N) is 2. The van der Waals surface area contributed by atoms with Gasteiger partial charge < -0.3 is 5.73 Å². The number of hydrogen-bond acceptors (Lipinski definition) is 4. The predicted octanol–water partition coefficient (Wildman–Crippen LogP) is 6.90. The maximum atomic E-state index is 9.32. The molecule has 4 aromatic rings. The first-order valence-corrected chi connectivity index (χ1v) is 15.1. The molecule has 4 aromatic carbocycles. The van der Waals surface area contributed by atoms with Gasteiger partial charge in [0.1, 0.15) is 0 Å². The highest BCUT2D eigenvalue weighted by Crippen LogP contribution is 2.25. The van der Waals surface area contributed by atoms with Crippen LogP contribution in [0.4, 0.5) is 0 Å². The van der Waals surface area contributed by atoms with Gasteiger partial charge in [-0.1, -0.05) is 141 Å². The van der Waals surface area contributed by atoms with E-state index in [-0.39, 0.29) is 0 Å². The molecule has 0 amide bonds. The second-order valence-electron chi connectivity index (χ2n) is 9.12. The number of nitriles is 2. The summed E-state index contributed by atoms with van der Waals surface area (Å²) >= 11 is 0. The maximum Gasteiger partial charge on any atom is 0.164 e. The van der Waals surface area contributed by atoms with Crippen LogP contribution in [0.25, 0.3) is 0 Å². The van der Waals surface area contributed by atoms with Crippen LogP contribution in [0, 0.1) is 27.7 Å². The number of benzene rings is 4. The molecule has 180 valence electrons. The van der Waals surface area contributed by atoms with E-state index in [1.165, 1.54) is 0 Å². The molecule has 0 unspecified atom stereocenters. The number of hydrogen-bond donors (Lipinski definition) is 2. The van der Waals surface area contributed by atoms with Gasteiger partial charge >= 0.3 is 0 Å². The van der Waals surface area contributed by atoms with E-state index in [0.717, 1.165) is 22.3 Å². The molecule has 36 heavy (non-hydrogen) atoms. The van der Waals surface area contributed by atoms with E-state index in [0.29, 0.717) is 5.71 Å². The SMILES string of the molecule is C[Si](C)(C)C#N.N#CC(N)(c1ccccc1)c1ccccc1.N=C(c1ccccc1)c1ccccc1. The number of nitrogens with two attached hydrogens (primary N) is 1. The van der Waals surface area contributed by atoms with E-state index in [9.17, 15) is 5.26 Å². The molecule has 0 heterocycles. The average Bonchev–Trinajstić information content (AvgIpc) is 2.94. The Morgan fingerprint density at radius 2 is 0.917 bits per heavy atom. The normalized spacial score (nSPS) is 10.3. The molecule has 0 aliphatic rings. The van der Waals surface area contributed by atoms with Crippen molar-refractivity contribution in [2.75, 3.05) is 0 Å². The molecule has 0 aromatic heterocycles. The Kier molecular flexibility index (Phi) is 10.5. The molecule has 0 aliphatic heterocycles. The second-order valence-corrected chi connectivity index (χ2v) is 13.8. The summed E-state index contributed by atoms with van der Waals surface area (Å²) in [4.78, 5) is 0. The Labute approximate surface area is 215 Å². The first-order chi connectivity index (χ1) is 17.2. The van der Waals surface area contributed by atoms with Gasteiger partial charge in [-0.05, 0) is 22.3 Å². The Hall–Kier alpha value is -4.29. The summed E-state index contributed by atoms with van der Waals surface area (Å²) in [5, 5.41) is 25.5. The minimum atomic E-state index is -1.33. The Balaban J connectivity index is 0.000000209. The first kappa shape index (κ1) is 27.9. The van der Waals surface area contributed by atoms with Crippen LogP contribution in [0.5, 0.6) is 0 Å². The van der Waals surface area contributed by atoms with Crippen molar-refractivity contribution in [3.8, 4) is 11.8 Å². The zero-order valence-electron chi connectivity index (χ0n) is 21.0. The number of nitrogens with one attached hydrogen (secondary N) is 1. The fourth-order valence-electron chi connectivity index (χ4n) is 3.07. The fraction of sp³-hybridized carbons (Fsp3) is 0.129. The van der Waals surface area contributed by atoms with Crippen LogP contribution in [-0.4, -0.2) is 13.8 Å². The summed E-state index contributed by atoms with van der Waals surface area (Å²) in [6, 6.07) is 40.6. The van der Waals surface area contributed by atoms with Gasteiger partial charge in [-0.3, -0.25) is 5.41 Å². The molecule has 0 spiro atoms. The molecule has 0 bridgehead atoms. The summed E-state index contributed by atoms with van der Waals surface area (Å²) in [6.45, 7) is 6.06. The lowest BCUT2D eigenvalue weighted by atomic mass is 9.85. The van der Waals surface area contributed by atoms with E-state index >= 15 is 0 Å². The van der Waals surface area contributed by atoms with Gasteiger partial charge in [0, 0.05) is 5.69 Å². The zero-order valence-corrected chi connectivity index (χ0v) is 22.0. The molecule has 0 radical (unpaired) electrons. The first-order valence-electron chi connectivity index (χ1n) is 11.6. The molecule has 4 rings (SSSR count). The Morgan fingerprint density at radius 3 is 1.17 bits per heavy atom. The van der Waals surface area contributed by atoms with Crippen LogP contribution in [-0.2, 0) is 5.54 Å². The average molecular weight is 489 g/mol. The van der Waals surface area contributed by atoms with Gasteiger partial charge in [0.05, 0.1) is 11.8 Å². The van der Waals surface area contributed by atoms with Crippen LogP contribution in [0.2, 0.25) is 19.6 Å². The molecule has 0 aliphatic carbocycles. The van der Waals surface area contributed by atoms with E-state index in [4.69, 9.17) is 16.4 Å². The Bertz CT molecular complexity index is 1200. The largest absolute Gasteiger partial charge is 0.306 e. The third-order valence-corrected chi connectivity index (χ3v) is 5.77. The highest BCUT2D eigenvalue weighted by atomic mass is 28.3. The van der Waals surface area contributed by atoms with Gasteiger partial charge in [0.15, 0.2) is 13.6 Å². The van der Waals surface area contributed by atoms with E-state index < -0.39 is 13.6 Å². The van der Waals surface area contributed by atoms with Crippen molar-refractivity contribution in [3.63, 3.8) is 0 Å². The van der Waals surface area contributed by atoms with Crippen molar-refractivity contribution in [2.45, 2.75) is 25.2 Å². The van der Waals surface area contributed by atoms with Crippen LogP contribution in [0.1, 0.15) is 22.3 Å². The summed E-state index contributed by atoms with van der Waals surface area (Å²) in [5.41, 5.74) is 11.5. The predicted molar refractivity (Wildman–Crippen MR) is 151 cm³/mol. The lowest BCUT2D eigenvalue weighted by Gasteiger charge is -2.22. The lowest BCUT2D eigenvalue weighted by molar-refractivity contribution is 0.698. The monoisotopic (exact) mass is 488 g/mol. The molecular weight excluding hydrogens is 456 g/mol.